The molecule has 0 saturated heterocycles. The van der Waals surface area contributed by atoms with Crippen molar-refractivity contribution in [2.75, 3.05) is 11.1 Å². The van der Waals surface area contributed by atoms with E-state index < -0.39 is 0 Å². The molecule has 0 aliphatic rings. The first-order valence-electron chi connectivity index (χ1n) is 7.85. The van der Waals surface area contributed by atoms with Crippen LogP contribution in [-0.2, 0) is 0 Å². The second-order valence-electron chi connectivity index (χ2n) is 5.51. The summed E-state index contributed by atoms with van der Waals surface area (Å²) >= 11 is 0. The maximum Gasteiger partial charge on any atom is 0.248 e. The van der Waals surface area contributed by atoms with E-state index in [-0.39, 0.29) is 17.4 Å². The van der Waals surface area contributed by atoms with Gasteiger partial charge in [-0.25, -0.2) is 9.37 Å². The molecule has 0 unspecified atom stereocenters. The maximum absolute atomic E-state index is 13.0. The number of pyridine rings is 1. The highest BCUT2D eigenvalue weighted by Crippen LogP contribution is 2.33. The molecule has 0 spiro atoms. The van der Waals surface area contributed by atoms with Gasteiger partial charge in [-0.05, 0) is 36.4 Å². The summed E-state index contributed by atoms with van der Waals surface area (Å²) in [4.78, 5) is 12.6. The Balaban J connectivity index is 1.66. The lowest BCUT2D eigenvalue weighted by Gasteiger charge is -2.12. The number of nitrogens with zero attached hydrogens (tertiary/aromatic N) is 3. The largest absolute Gasteiger partial charge is 0.435 e. The van der Waals surface area contributed by atoms with Crippen molar-refractivity contribution in [2.45, 2.75) is 0 Å². The Bertz CT molecular complexity index is 1060. The number of hydrogen-bond acceptors (Lipinski definition) is 6. The van der Waals surface area contributed by atoms with Crippen LogP contribution in [0, 0.1) is 5.82 Å². The average molecular weight is 347 g/mol. The van der Waals surface area contributed by atoms with Gasteiger partial charge in [0.2, 0.25) is 5.88 Å². The van der Waals surface area contributed by atoms with E-state index >= 15 is 0 Å². The maximum atomic E-state index is 13.0. The lowest BCUT2D eigenvalue weighted by molar-refractivity contribution is 0.469. The zero-order chi connectivity index (χ0) is 17.9. The van der Waals surface area contributed by atoms with Gasteiger partial charge in [-0.3, -0.25) is 4.98 Å². The molecular formula is C19H14FN5O. The van der Waals surface area contributed by atoms with Crippen molar-refractivity contribution < 1.29 is 9.13 Å². The molecular weight excluding hydrogens is 333 g/mol. The van der Waals surface area contributed by atoms with Crippen LogP contribution in [0.1, 0.15) is 0 Å². The summed E-state index contributed by atoms with van der Waals surface area (Å²) in [5.74, 6) is 0.803. The van der Waals surface area contributed by atoms with Gasteiger partial charge in [-0.1, -0.05) is 18.2 Å². The van der Waals surface area contributed by atoms with E-state index in [1.807, 2.05) is 24.3 Å². The Hall–Kier alpha value is -3.74. The molecule has 0 aliphatic heterocycles. The van der Waals surface area contributed by atoms with Crippen LogP contribution in [0.15, 0.2) is 67.1 Å². The van der Waals surface area contributed by atoms with Crippen LogP contribution in [0.25, 0.3) is 10.9 Å². The van der Waals surface area contributed by atoms with Crippen molar-refractivity contribution in [3.05, 3.63) is 72.9 Å². The molecule has 4 aromatic rings. The molecule has 0 saturated carbocycles. The number of nitrogen functional groups attached to an aromatic ring is 1. The fourth-order valence-electron chi connectivity index (χ4n) is 2.49. The molecule has 26 heavy (non-hydrogen) atoms. The highest BCUT2D eigenvalue weighted by atomic mass is 19.1. The third kappa shape index (κ3) is 3.10. The number of hydrogen-bond donors (Lipinski definition) is 2. The standard InChI is InChI=1S/C19H14FN5O/c20-13-6-8-14(9-7-13)25-18-16(21)19(24-11-23-18)26-15-5-1-3-12-4-2-10-22-17(12)15/h1-11H,21H2,(H,23,24,25). The van der Waals surface area contributed by atoms with Crippen LogP contribution in [0.5, 0.6) is 11.6 Å². The smallest absolute Gasteiger partial charge is 0.248 e. The van der Waals surface area contributed by atoms with Crippen LogP contribution in [-0.4, -0.2) is 15.0 Å². The highest BCUT2D eigenvalue weighted by molar-refractivity contribution is 5.84. The highest BCUT2D eigenvalue weighted by Gasteiger charge is 2.12. The van der Waals surface area contributed by atoms with E-state index in [0.717, 1.165) is 5.39 Å². The molecule has 0 amide bonds. The molecule has 6 nitrogen and oxygen atoms in total. The summed E-state index contributed by atoms with van der Waals surface area (Å²) < 4.78 is 18.9. The molecule has 3 N–H and O–H groups in total. The van der Waals surface area contributed by atoms with Gasteiger partial charge in [-0.15, -0.1) is 0 Å². The first-order valence-corrected chi connectivity index (χ1v) is 7.85. The molecule has 0 atom stereocenters. The SMILES string of the molecule is Nc1c(Nc2ccc(F)cc2)ncnc1Oc1cccc2cccnc12. The molecule has 0 aliphatic carbocycles. The van der Waals surface area contributed by atoms with Crippen molar-refractivity contribution >= 4 is 28.1 Å². The van der Waals surface area contributed by atoms with E-state index in [2.05, 4.69) is 20.3 Å². The first kappa shape index (κ1) is 15.8. The second kappa shape index (κ2) is 6.64. The number of nitrogens with one attached hydrogen (secondary N) is 1. The van der Waals surface area contributed by atoms with Crippen LogP contribution < -0.4 is 15.8 Å². The molecule has 0 bridgehead atoms. The molecule has 4 rings (SSSR count). The van der Waals surface area contributed by atoms with E-state index in [1.165, 1.54) is 18.5 Å². The monoisotopic (exact) mass is 347 g/mol. The van der Waals surface area contributed by atoms with Gasteiger partial charge in [0.1, 0.15) is 23.3 Å². The number of para-hydroxylation sites is 1. The van der Waals surface area contributed by atoms with Crippen molar-refractivity contribution in [2.24, 2.45) is 0 Å². The fraction of sp³-hybridized carbons (Fsp3) is 0. The molecule has 2 heterocycles. The fourth-order valence-corrected chi connectivity index (χ4v) is 2.49. The van der Waals surface area contributed by atoms with Gasteiger partial charge < -0.3 is 15.8 Å². The van der Waals surface area contributed by atoms with Gasteiger partial charge >= 0.3 is 0 Å². The molecule has 0 radical (unpaired) electrons. The minimum absolute atomic E-state index is 0.211. The van der Waals surface area contributed by atoms with Gasteiger partial charge in [0.25, 0.3) is 0 Å². The van der Waals surface area contributed by atoms with Crippen LogP contribution in [0.4, 0.5) is 21.6 Å². The predicted molar refractivity (Wildman–Crippen MR) is 97.9 cm³/mol. The van der Waals surface area contributed by atoms with Crippen molar-refractivity contribution in [3.8, 4) is 11.6 Å². The zero-order valence-electron chi connectivity index (χ0n) is 13.6. The number of anilines is 3. The Kier molecular flexibility index (Phi) is 4.03. The predicted octanol–water partition coefficient (Wildman–Crippen LogP) is 4.28. The quantitative estimate of drug-likeness (QED) is 0.573. The van der Waals surface area contributed by atoms with E-state index in [1.54, 1.807) is 24.4 Å². The number of fused-ring (bicyclic) bond motifs is 1. The summed E-state index contributed by atoms with van der Waals surface area (Å²) in [6, 6.07) is 15.3. The Morgan fingerprint density at radius 1 is 0.923 bits per heavy atom. The zero-order valence-corrected chi connectivity index (χ0v) is 13.6. The first-order chi connectivity index (χ1) is 12.7. The normalized spacial score (nSPS) is 10.7. The van der Waals surface area contributed by atoms with Crippen LogP contribution in [0.2, 0.25) is 0 Å². The van der Waals surface area contributed by atoms with E-state index in [4.69, 9.17) is 10.5 Å². The number of rotatable bonds is 4. The third-order valence-corrected chi connectivity index (χ3v) is 3.76. The molecule has 128 valence electrons. The Morgan fingerprint density at radius 2 is 1.73 bits per heavy atom. The minimum Gasteiger partial charge on any atom is -0.435 e. The number of benzene rings is 2. The van der Waals surface area contributed by atoms with Crippen LogP contribution in [0.3, 0.4) is 0 Å². The third-order valence-electron chi connectivity index (χ3n) is 3.76. The van der Waals surface area contributed by atoms with E-state index in [0.29, 0.717) is 22.8 Å². The minimum atomic E-state index is -0.321. The molecule has 0 fully saturated rings. The summed E-state index contributed by atoms with van der Waals surface area (Å²) in [6.07, 6.45) is 3.04. The number of aromatic nitrogens is 3. The topological polar surface area (TPSA) is 86.0 Å². The summed E-state index contributed by atoms with van der Waals surface area (Å²) in [5, 5.41) is 3.97. The number of ether oxygens (including phenoxy) is 1. The Morgan fingerprint density at radius 3 is 2.58 bits per heavy atom. The lowest BCUT2D eigenvalue weighted by Crippen LogP contribution is -2.03. The molecule has 2 aromatic carbocycles. The summed E-state index contributed by atoms with van der Waals surface area (Å²) in [6.45, 7) is 0. The van der Waals surface area contributed by atoms with Gasteiger partial charge in [-0.2, -0.15) is 4.98 Å². The lowest BCUT2D eigenvalue weighted by atomic mass is 10.2. The second-order valence-corrected chi connectivity index (χ2v) is 5.51. The van der Waals surface area contributed by atoms with Gasteiger partial charge in [0.05, 0.1) is 0 Å². The Labute approximate surface area is 148 Å². The number of halogens is 1. The van der Waals surface area contributed by atoms with Gasteiger partial charge in [0, 0.05) is 17.3 Å². The summed E-state index contributed by atoms with van der Waals surface area (Å²) in [7, 11) is 0. The van der Waals surface area contributed by atoms with Crippen LogP contribution >= 0.6 is 0 Å². The van der Waals surface area contributed by atoms with E-state index in [9.17, 15) is 4.39 Å². The molecule has 2 aromatic heterocycles. The van der Waals surface area contributed by atoms with Crippen molar-refractivity contribution in [1.82, 2.24) is 15.0 Å². The number of nitrogens with two attached hydrogens (primary N) is 1. The molecule has 7 heteroatoms. The van der Waals surface area contributed by atoms with Crippen molar-refractivity contribution in [1.29, 1.82) is 0 Å². The van der Waals surface area contributed by atoms with Crippen molar-refractivity contribution in [3.63, 3.8) is 0 Å². The van der Waals surface area contributed by atoms with Gasteiger partial charge in [0.15, 0.2) is 11.6 Å². The average Bonchev–Trinajstić information content (AvgIpc) is 2.67. The summed E-state index contributed by atoms with van der Waals surface area (Å²) in [5.41, 5.74) is 7.74.